The van der Waals surface area contributed by atoms with Gasteiger partial charge in [-0.3, -0.25) is 9.36 Å². The van der Waals surface area contributed by atoms with E-state index in [2.05, 4.69) is 30.2 Å². The van der Waals surface area contributed by atoms with Gasteiger partial charge in [-0.1, -0.05) is 11.3 Å². The lowest BCUT2D eigenvalue weighted by Crippen LogP contribution is -2.09. The van der Waals surface area contributed by atoms with Crippen LogP contribution in [0.3, 0.4) is 0 Å². The predicted octanol–water partition coefficient (Wildman–Crippen LogP) is 1.07. The Bertz CT molecular complexity index is 766. The van der Waals surface area contributed by atoms with Crippen molar-refractivity contribution >= 4 is 28.9 Å². The minimum absolute atomic E-state index is 0.0741. The average Bonchev–Trinajstić information content (AvgIpc) is 3.07. The molecule has 0 fully saturated rings. The van der Waals surface area contributed by atoms with Crippen molar-refractivity contribution in [2.45, 2.75) is 6.54 Å². The average molecular weight is 310 g/mol. The Morgan fingerprint density at radius 3 is 3.00 bits per heavy atom. The monoisotopic (exact) mass is 309 g/mol. The molecule has 0 atom stereocenters. The van der Waals surface area contributed by atoms with Gasteiger partial charge in [0.15, 0.2) is 0 Å². The van der Waals surface area contributed by atoms with Gasteiger partial charge in [-0.2, -0.15) is 15.0 Å². The zero-order valence-corrected chi connectivity index (χ0v) is 11.5. The Hall–Kier alpha value is -2.26. The van der Waals surface area contributed by atoms with Gasteiger partial charge >= 0.3 is 4.87 Å². The maximum Gasteiger partial charge on any atom is 0.304 e. The number of H-pyrrole nitrogens is 1. The minimum Gasteiger partial charge on any atom is -0.348 e. The molecule has 0 spiro atoms. The Kier molecular flexibility index (Phi) is 3.44. The van der Waals surface area contributed by atoms with Gasteiger partial charge in [0, 0.05) is 23.5 Å². The fourth-order valence-corrected chi connectivity index (χ4v) is 2.22. The molecule has 102 valence electrons. The Balaban J connectivity index is 1.81. The summed E-state index contributed by atoms with van der Waals surface area (Å²) in [4.78, 5) is 29.7. The van der Waals surface area contributed by atoms with Crippen LogP contribution in [0, 0.1) is 0 Å². The van der Waals surface area contributed by atoms with E-state index in [9.17, 15) is 4.79 Å². The second-order valence-electron chi connectivity index (χ2n) is 3.72. The molecule has 0 aromatic carbocycles. The molecule has 0 radical (unpaired) electrons. The number of aromatic nitrogens is 6. The molecule has 3 aromatic rings. The van der Waals surface area contributed by atoms with Crippen molar-refractivity contribution in [3.05, 3.63) is 44.7 Å². The van der Waals surface area contributed by atoms with Crippen molar-refractivity contribution in [3.8, 4) is 5.95 Å². The molecule has 0 aliphatic rings. The normalized spacial score (nSPS) is 10.7. The number of halogens is 1. The lowest BCUT2D eigenvalue weighted by atomic mass is 10.5. The number of rotatable bonds is 4. The molecule has 0 aliphatic heterocycles. The van der Waals surface area contributed by atoms with Crippen LogP contribution in [0.1, 0.15) is 5.69 Å². The van der Waals surface area contributed by atoms with Gasteiger partial charge in [0.2, 0.25) is 17.2 Å². The van der Waals surface area contributed by atoms with E-state index < -0.39 is 0 Å². The molecule has 0 unspecified atom stereocenters. The van der Waals surface area contributed by atoms with Gasteiger partial charge in [0.25, 0.3) is 0 Å². The Labute approximate surface area is 121 Å². The van der Waals surface area contributed by atoms with E-state index in [-0.39, 0.29) is 10.2 Å². The summed E-state index contributed by atoms with van der Waals surface area (Å²) in [5.74, 6) is 0.685. The number of aromatic amines is 1. The predicted molar refractivity (Wildman–Crippen MR) is 74.2 cm³/mol. The van der Waals surface area contributed by atoms with E-state index >= 15 is 0 Å². The standard InChI is InChI=1S/C10H8ClN7OS/c11-7-15-8(13-3-6-4-20-10(19)14-6)17-9(16-7)18-2-1-12-5-18/h1-2,4-5H,3H2,(H,14,19)(H,13,15,16,17). The smallest absolute Gasteiger partial charge is 0.304 e. The summed E-state index contributed by atoms with van der Waals surface area (Å²) in [5, 5.41) is 4.78. The summed E-state index contributed by atoms with van der Waals surface area (Å²) < 4.78 is 1.62. The highest BCUT2D eigenvalue weighted by Crippen LogP contribution is 2.10. The van der Waals surface area contributed by atoms with Gasteiger partial charge in [-0.05, 0) is 11.6 Å². The topological polar surface area (TPSA) is 101 Å². The van der Waals surface area contributed by atoms with Gasteiger partial charge in [-0.15, -0.1) is 0 Å². The number of nitrogens with one attached hydrogen (secondary N) is 2. The van der Waals surface area contributed by atoms with Crippen molar-refractivity contribution in [2.24, 2.45) is 0 Å². The van der Waals surface area contributed by atoms with E-state index in [0.717, 1.165) is 17.0 Å². The van der Waals surface area contributed by atoms with Crippen LogP contribution < -0.4 is 10.2 Å². The quantitative estimate of drug-likeness (QED) is 0.747. The number of hydrogen-bond donors (Lipinski definition) is 2. The molecular weight excluding hydrogens is 302 g/mol. The number of thiazole rings is 1. The van der Waals surface area contributed by atoms with Crippen LogP contribution in [0.15, 0.2) is 28.9 Å². The summed E-state index contributed by atoms with van der Waals surface area (Å²) in [5.41, 5.74) is 0.751. The third kappa shape index (κ3) is 2.83. The molecule has 8 nitrogen and oxygen atoms in total. The Morgan fingerprint density at radius 2 is 2.30 bits per heavy atom. The van der Waals surface area contributed by atoms with E-state index in [4.69, 9.17) is 11.6 Å². The summed E-state index contributed by atoms with van der Waals surface area (Å²) in [6.45, 7) is 0.391. The summed E-state index contributed by atoms with van der Waals surface area (Å²) in [7, 11) is 0. The highest BCUT2D eigenvalue weighted by Gasteiger charge is 2.07. The number of hydrogen-bond acceptors (Lipinski definition) is 7. The van der Waals surface area contributed by atoms with Crippen molar-refractivity contribution in [1.29, 1.82) is 0 Å². The maximum atomic E-state index is 11.0. The van der Waals surface area contributed by atoms with Crippen LogP contribution in [0.2, 0.25) is 5.28 Å². The molecule has 3 heterocycles. The first-order valence-corrected chi connectivity index (χ1v) is 6.77. The van der Waals surface area contributed by atoms with Crippen molar-refractivity contribution in [3.63, 3.8) is 0 Å². The second kappa shape index (κ2) is 5.39. The van der Waals surface area contributed by atoms with Gasteiger partial charge < -0.3 is 10.3 Å². The van der Waals surface area contributed by atoms with Crippen molar-refractivity contribution < 1.29 is 0 Å². The molecule has 3 aromatic heterocycles. The maximum absolute atomic E-state index is 11.0. The lowest BCUT2D eigenvalue weighted by Gasteiger charge is -2.05. The molecule has 0 saturated heterocycles. The molecule has 20 heavy (non-hydrogen) atoms. The molecule has 3 rings (SSSR count). The van der Waals surface area contributed by atoms with Gasteiger partial charge in [0.1, 0.15) is 6.33 Å². The van der Waals surface area contributed by atoms with E-state index in [1.165, 1.54) is 0 Å². The fraction of sp³-hybridized carbons (Fsp3) is 0.100. The van der Waals surface area contributed by atoms with Crippen LogP contribution >= 0.6 is 22.9 Å². The first kappa shape index (κ1) is 12.8. The molecule has 0 amide bonds. The van der Waals surface area contributed by atoms with E-state index in [1.807, 2.05) is 0 Å². The van der Waals surface area contributed by atoms with E-state index in [0.29, 0.717) is 18.4 Å². The first-order chi connectivity index (χ1) is 9.70. The zero-order valence-electron chi connectivity index (χ0n) is 9.95. The highest BCUT2D eigenvalue weighted by atomic mass is 35.5. The van der Waals surface area contributed by atoms with Gasteiger partial charge in [0.05, 0.1) is 6.54 Å². The van der Waals surface area contributed by atoms with Crippen molar-refractivity contribution in [1.82, 2.24) is 29.5 Å². The van der Waals surface area contributed by atoms with Crippen LogP contribution in [-0.4, -0.2) is 29.5 Å². The third-order valence-electron chi connectivity index (χ3n) is 2.34. The first-order valence-electron chi connectivity index (χ1n) is 5.51. The van der Waals surface area contributed by atoms with Gasteiger partial charge in [-0.25, -0.2) is 4.98 Å². The summed E-state index contributed by atoms with van der Waals surface area (Å²) >= 11 is 6.96. The molecule has 2 N–H and O–H groups in total. The molecule has 0 bridgehead atoms. The SMILES string of the molecule is O=c1[nH]c(CNc2nc(Cl)nc(-n3ccnc3)n2)cs1. The Morgan fingerprint density at radius 1 is 1.40 bits per heavy atom. The van der Waals surface area contributed by atoms with Crippen LogP contribution in [0.4, 0.5) is 5.95 Å². The number of imidazole rings is 1. The third-order valence-corrected chi connectivity index (χ3v) is 3.23. The highest BCUT2D eigenvalue weighted by molar-refractivity contribution is 7.07. The van der Waals surface area contributed by atoms with Crippen molar-refractivity contribution in [2.75, 3.05) is 5.32 Å². The lowest BCUT2D eigenvalue weighted by molar-refractivity contribution is 0.885. The summed E-state index contributed by atoms with van der Waals surface area (Å²) in [6, 6.07) is 0. The molecule has 10 heteroatoms. The second-order valence-corrected chi connectivity index (χ2v) is 4.91. The van der Waals surface area contributed by atoms with E-state index in [1.54, 1.807) is 28.7 Å². The summed E-state index contributed by atoms with van der Waals surface area (Å²) in [6.07, 6.45) is 4.87. The fourth-order valence-electron chi connectivity index (χ4n) is 1.49. The van der Waals surface area contributed by atoms with Crippen LogP contribution in [0.25, 0.3) is 5.95 Å². The number of anilines is 1. The molecule has 0 aliphatic carbocycles. The number of nitrogens with zero attached hydrogens (tertiary/aromatic N) is 5. The molecular formula is C10H8ClN7OS. The zero-order chi connectivity index (χ0) is 13.9. The molecule has 0 saturated carbocycles. The van der Waals surface area contributed by atoms with Crippen LogP contribution in [0.5, 0.6) is 0 Å². The minimum atomic E-state index is -0.102. The largest absolute Gasteiger partial charge is 0.348 e. The van der Waals surface area contributed by atoms with Crippen LogP contribution in [-0.2, 0) is 6.54 Å².